The second-order valence-electron chi connectivity index (χ2n) is 4.94. The summed E-state index contributed by atoms with van der Waals surface area (Å²) in [6.45, 7) is 6.29. The van der Waals surface area contributed by atoms with E-state index in [1.807, 2.05) is 0 Å². The minimum Gasteiger partial charge on any atom is -0.394 e. The summed E-state index contributed by atoms with van der Waals surface area (Å²) >= 11 is 1.33. The van der Waals surface area contributed by atoms with Crippen LogP contribution in [0.3, 0.4) is 0 Å². The number of rotatable bonds is 7. The van der Waals surface area contributed by atoms with E-state index in [2.05, 4.69) is 24.1 Å². The molecule has 0 aliphatic heterocycles. The number of aryl methyl sites for hydroxylation is 1. The number of amides is 1. The number of aliphatic hydroxyl groups is 1. The molecule has 0 saturated heterocycles. The molecular formula is C13H22N2O3S. The van der Waals surface area contributed by atoms with E-state index >= 15 is 0 Å². The lowest BCUT2D eigenvalue weighted by atomic mass is 10.0. The predicted octanol–water partition coefficient (Wildman–Crippen LogP) is 1.73. The van der Waals surface area contributed by atoms with E-state index in [9.17, 15) is 9.90 Å². The highest BCUT2D eigenvalue weighted by molar-refractivity contribution is 7.13. The Morgan fingerprint density at radius 2 is 2.21 bits per heavy atom. The van der Waals surface area contributed by atoms with E-state index in [1.165, 1.54) is 11.3 Å². The van der Waals surface area contributed by atoms with Crippen molar-refractivity contribution in [1.29, 1.82) is 0 Å². The Bertz CT molecular complexity index is 418. The van der Waals surface area contributed by atoms with Gasteiger partial charge >= 0.3 is 0 Å². The van der Waals surface area contributed by atoms with Gasteiger partial charge < -0.3 is 15.2 Å². The number of ether oxygens (including phenoxy) is 1. The van der Waals surface area contributed by atoms with Crippen LogP contribution in [0.5, 0.6) is 0 Å². The number of hydrogen-bond donors (Lipinski definition) is 2. The molecule has 0 radical (unpaired) electrons. The quantitative estimate of drug-likeness (QED) is 0.801. The summed E-state index contributed by atoms with van der Waals surface area (Å²) in [5, 5.41) is 12.9. The highest BCUT2D eigenvalue weighted by Crippen LogP contribution is 2.19. The third kappa shape index (κ3) is 4.89. The van der Waals surface area contributed by atoms with E-state index in [4.69, 9.17) is 4.74 Å². The molecule has 2 N–H and O–H groups in total. The topological polar surface area (TPSA) is 71.5 Å². The van der Waals surface area contributed by atoms with Crippen molar-refractivity contribution in [3.05, 3.63) is 15.6 Å². The molecule has 0 aliphatic carbocycles. The van der Waals surface area contributed by atoms with Gasteiger partial charge in [-0.1, -0.05) is 13.8 Å². The van der Waals surface area contributed by atoms with E-state index in [-0.39, 0.29) is 18.6 Å². The molecule has 0 spiro atoms. The van der Waals surface area contributed by atoms with Gasteiger partial charge in [-0.15, -0.1) is 11.3 Å². The molecule has 5 nitrogen and oxygen atoms in total. The molecule has 1 amide bonds. The van der Waals surface area contributed by atoms with Crippen LogP contribution in [0.1, 0.15) is 40.6 Å². The van der Waals surface area contributed by atoms with Crippen LogP contribution >= 0.6 is 11.3 Å². The lowest BCUT2D eigenvalue weighted by molar-refractivity contribution is 0.0911. The second-order valence-corrected chi connectivity index (χ2v) is 6.02. The molecule has 108 valence electrons. The maximum Gasteiger partial charge on any atom is 0.263 e. The maximum absolute atomic E-state index is 12.1. The SMILES string of the molecule is COCc1nc(C)c(C(=O)NC(CO)CC(C)C)s1. The van der Waals surface area contributed by atoms with Gasteiger partial charge in [-0.3, -0.25) is 4.79 Å². The van der Waals surface area contributed by atoms with E-state index in [0.29, 0.717) is 23.1 Å². The fraction of sp³-hybridized carbons (Fsp3) is 0.692. The lowest BCUT2D eigenvalue weighted by Crippen LogP contribution is -2.38. The summed E-state index contributed by atoms with van der Waals surface area (Å²) in [4.78, 5) is 17.0. The molecule has 0 fully saturated rings. The van der Waals surface area contributed by atoms with Crippen LogP contribution in [-0.4, -0.2) is 35.8 Å². The van der Waals surface area contributed by atoms with Gasteiger partial charge in [0, 0.05) is 7.11 Å². The number of carbonyl (C=O) groups excluding carboxylic acids is 1. The van der Waals surface area contributed by atoms with Gasteiger partial charge in [-0.25, -0.2) is 4.98 Å². The Kier molecular flexibility index (Phi) is 6.41. The molecule has 1 atom stereocenters. The summed E-state index contributed by atoms with van der Waals surface area (Å²) in [5.74, 6) is 0.251. The van der Waals surface area contributed by atoms with Gasteiger partial charge in [-0.2, -0.15) is 0 Å². The number of thiazole rings is 1. The molecular weight excluding hydrogens is 264 g/mol. The zero-order valence-corrected chi connectivity index (χ0v) is 12.7. The number of hydrogen-bond acceptors (Lipinski definition) is 5. The minimum atomic E-state index is -0.208. The van der Waals surface area contributed by atoms with Gasteiger partial charge in [0.2, 0.25) is 0 Å². The van der Waals surface area contributed by atoms with Crippen LogP contribution in [0.25, 0.3) is 0 Å². The molecule has 1 aromatic heterocycles. The number of aliphatic hydroxyl groups excluding tert-OH is 1. The third-order valence-electron chi connectivity index (χ3n) is 2.63. The van der Waals surface area contributed by atoms with Gasteiger partial charge in [0.25, 0.3) is 5.91 Å². The first-order valence-electron chi connectivity index (χ1n) is 6.34. The predicted molar refractivity (Wildman–Crippen MR) is 75.4 cm³/mol. The fourth-order valence-corrected chi connectivity index (χ4v) is 2.79. The maximum atomic E-state index is 12.1. The van der Waals surface area contributed by atoms with E-state index in [0.717, 1.165) is 11.4 Å². The Morgan fingerprint density at radius 1 is 1.53 bits per heavy atom. The third-order valence-corrected chi connectivity index (χ3v) is 3.76. The number of nitrogens with zero attached hydrogens (tertiary/aromatic N) is 1. The van der Waals surface area contributed by atoms with Crippen molar-refractivity contribution in [2.24, 2.45) is 5.92 Å². The summed E-state index contributed by atoms with van der Waals surface area (Å²) in [5.41, 5.74) is 0.704. The Hall–Kier alpha value is -0.980. The highest BCUT2D eigenvalue weighted by atomic mass is 32.1. The van der Waals surface area contributed by atoms with Crippen molar-refractivity contribution < 1.29 is 14.6 Å². The standard InChI is InChI=1S/C13H22N2O3S/c1-8(2)5-10(6-16)15-13(17)12-9(3)14-11(19-12)7-18-4/h8,10,16H,5-7H2,1-4H3,(H,15,17). The van der Waals surface area contributed by atoms with Crippen molar-refractivity contribution >= 4 is 17.2 Å². The van der Waals surface area contributed by atoms with E-state index < -0.39 is 0 Å². The minimum absolute atomic E-state index is 0.0489. The number of aromatic nitrogens is 1. The molecule has 6 heteroatoms. The average Bonchev–Trinajstić information content (AvgIpc) is 2.69. The van der Waals surface area contributed by atoms with Crippen molar-refractivity contribution in [2.45, 2.75) is 39.8 Å². The zero-order chi connectivity index (χ0) is 14.4. The summed E-state index contributed by atoms with van der Waals surface area (Å²) in [6, 6.07) is -0.208. The summed E-state index contributed by atoms with van der Waals surface area (Å²) < 4.78 is 5.01. The second kappa shape index (κ2) is 7.57. The molecule has 0 aromatic carbocycles. The molecule has 0 saturated carbocycles. The molecule has 1 unspecified atom stereocenters. The monoisotopic (exact) mass is 286 g/mol. The van der Waals surface area contributed by atoms with Gasteiger partial charge in [0.05, 0.1) is 24.9 Å². The normalized spacial score (nSPS) is 12.7. The largest absolute Gasteiger partial charge is 0.394 e. The fourth-order valence-electron chi connectivity index (χ4n) is 1.85. The molecule has 1 aromatic rings. The summed E-state index contributed by atoms with van der Waals surface area (Å²) in [6.07, 6.45) is 0.755. The first kappa shape index (κ1) is 16.1. The van der Waals surface area contributed by atoms with Crippen LogP contribution in [0.15, 0.2) is 0 Å². The van der Waals surface area contributed by atoms with Crippen molar-refractivity contribution in [2.75, 3.05) is 13.7 Å². The zero-order valence-electron chi connectivity index (χ0n) is 11.9. The highest BCUT2D eigenvalue weighted by Gasteiger charge is 2.19. The van der Waals surface area contributed by atoms with Crippen LogP contribution in [0.4, 0.5) is 0 Å². The first-order chi connectivity index (χ1) is 8.97. The Labute approximate surface area is 118 Å². The van der Waals surface area contributed by atoms with Crippen molar-refractivity contribution in [1.82, 2.24) is 10.3 Å². The lowest BCUT2D eigenvalue weighted by Gasteiger charge is -2.17. The smallest absolute Gasteiger partial charge is 0.263 e. The number of methoxy groups -OCH3 is 1. The Morgan fingerprint density at radius 3 is 2.74 bits per heavy atom. The van der Waals surface area contributed by atoms with Gasteiger partial charge in [0.15, 0.2) is 0 Å². The number of nitrogens with one attached hydrogen (secondary N) is 1. The van der Waals surface area contributed by atoms with E-state index in [1.54, 1.807) is 14.0 Å². The Balaban J connectivity index is 2.71. The van der Waals surface area contributed by atoms with Crippen LogP contribution in [-0.2, 0) is 11.3 Å². The molecule has 0 aliphatic rings. The van der Waals surface area contributed by atoms with Crippen molar-refractivity contribution in [3.63, 3.8) is 0 Å². The van der Waals surface area contributed by atoms with Gasteiger partial charge in [-0.05, 0) is 19.3 Å². The van der Waals surface area contributed by atoms with Crippen LogP contribution in [0.2, 0.25) is 0 Å². The molecule has 1 heterocycles. The molecule has 1 rings (SSSR count). The van der Waals surface area contributed by atoms with Crippen molar-refractivity contribution in [3.8, 4) is 0 Å². The average molecular weight is 286 g/mol. The summed E-state index contributed by atoms with van der Waals surface area (Å²) in [7, 11) is 1.60. The molecule has 0 bridgehead atoms. The van der Waals surface area contributed by atoms with Gasteiger partial charge in [0.1, 0.15) is 9.88 Å². The number of carbonyl (C=O) groups is 1. The molecule has 19 heavy (non-hydrogen) atoms. The first-order valence-corrected chi connectivity index (χ1v) is 7.16. The van der Waals surface area contributed by atoms with Crippen LogP contribution in [0, 0.1) is 12.8 Å². The van der Waals surface area contributed by atoms with Crippen LogP contribution < -0.4 is 5.32 Å².